The van der Waals surface area contributed by atoms with Crippen LogP contribution in [0.3, 0.4) is 0 Å². The summed E-state index contributed by atoms with van der Waals surface area (Å²) in [5.74, 6) is -1.08. The van der Waals surface area contributed by atoms with Gasteiger partial charge in [-0.15, -0.1) is 0 Å². The van der Waals surface area contributed by atoms with Crippen LogP contribution in [0.25, 0.3) is 0 Å². The van der Waals surface area contributed by atoms with Gasteiger partial charge in [0, 0.05) is 5.56 Å². The number of hydrogen-bond donors (Lipinski definition) is 1. The normalized spacial score (nSPS) is 11.0. The minimum Gasteiger partial charge on any atom is -0.330 e. The fourth-order valence-corrected chi connectivity index (χ4v) is 1.50. The lowest BCUT2D eigenvalue weighted by Gasteiger charge is -2.10. The van der Waals surface area contributed by atoms with Gasteiger partial charge in [-0.1, -0.05) is 13.8 Å². The second-order valence-electron chi connectivity index (χ2n) is 3.67. The van der Waals surface area contributed by atoms with Crippen LogP contribution >= 0.6 is 0 Å². The quantitative estimate of drug-likeness (QED) is 0.795. The topological polar surface area (TPSA) is 26.0 Å². The predicted molar refractivity (Wildman–Crippen MR) is 53.2 cm³/mol. The van der Waals surface area contributed by atoms with Crippen LogP contribution < -0.4 is 5.73 Å². The molecule has 0 aliphatic carbocycles. The Morgan fingerprint density at radius 2 is 1.71 bits per heavy atom. The molecule has 78 valence electrons. The van der Waals surface area contributed by atoms with E-state index in [1.807, 2.05) is 0 Å². The van der Waals surface area contributed by atoms with Crippen LogP contribution in [0.5, 0.6) is 0 Å². The van der Waals surface area contributed by atoms with Crippen molar-refractivity contribution in [3.8, 4) is 0 Å². The molecule has 0 spiro atoms. The summed E-state index contributed by atoms with van der Waals surface area (Å²) in [7, 11) is 0. The zero-order chi connectivity index (χ0) is 10.7. The van der Waals surface area contributed by atoms with Gasteiger partial charge < -0.3 is 5.73 Å². The van der Waals surface area contributed by atoms with Gasteiger partial charge >= 0.3 is 0 Å². The third-order valence-corrected chi connectivity index (χ3v) is 2.15. The summed E-state index contributed by atoms with van der Waals surface area (Å²) in [6.07, 6.45) is 0.506. The molecular weight excluding hydrogens is 184 g/mol. The van der Waals surface area contributed by atoms with E-state index < -0.39 is 11.6 Å². The molecule has 3 heteroatoms. The average molecular weight is 199 g/mol. The highest BCUT2D eigenvalue weighted by molar-refractivity contribution is 5.28. The van der Waals surface area contributed by atoms with Gasteiger partial charge in [-0.3, -0.25) is 0 Å². The Kier molecular flexibility index (Phi) is 3.58. The largest absolute Gasteiger partial charge is 0.330 e. The van der Waals surface area contributed by atoms with Crippen molar-refractivity contribution >= 4 is 0 Å². The van der Waals surface area contributed by atoms with Crippen LogP contribution in [-0.4, -0.2) is 6.54 Å². The van der Waals surface area contributed by atoms with E-state index in [0.717, 1.165) is 0 Å². The molecule has 0 saturated heterocycles. The molecule has 0 atom stereocenters. The molecular formula is C11H15F2N. The maximum Gasteiger partial charge on any atom is 0.129 e. The summed E-state index contributed by atoms with van der Waals surface area (Å²) in [5, 5.41) is 0. The van der Waals surface area contributed by atoms with Crippen LogP contribution in [0.4, 0.5) is 8.78 Å². The first-order valence-electron chi connectivity index (χ1n) is 4.74. The van der Waals surface area contributed by atoms with Crippen molar-refractivity contribution in [2.24, 2.45) is 5.73 Å². The van der Waals surface area contributed by atoms with Crippen molar-refractivity contribution in [3.63, 3.8) is 0 Å². The Morgan fingerprint density at radius 1 is 1.21 bits per heavy atom. The van der Waals surface area contributed by atoms with Gasteiger partial charge in [0.2, 0.25) is 0 Å². The minimum absolute atomic E-state index is 0.137. The first kappa shape index (κ1) is 11.1. The second-order valence-corrected chi connectivity index (χ2v) is 3.67. The van der Waals surface area contributed by atoms with Crippen LogP contribution in [0, 0.1) is 11.6 Å². The zero-order valence-corrected chi connectivity index (χ0v) is 8.48. The highest BCUT2D eigenvalue weighted by Crippen LogP contribution is 2.23. The Balaban J connectivity index is 3.11. The summed E-state index contributed by atoms with van der Waals surface area (Å²) in [6, 6.07) is 2.73. The zero-order valence-electron chi connectivity index (χ0n) is 8.48. The van der Waals surface area contributed by atoms with Crippen molar-refractivity contribution in [1.29, 1.82) is 0 Å². The molecule has 1 aromatic carbocycles. The summed E-state index contributed by atoms with van der Waals surface area (Å²) >= 11 is 0. The van der Waals surface area contributed by atoms with Gasteiger partial charge in [-0.05, 0) is 36.6 Å². The number of rotatable bonds is 3. The Hall–Kier alpha value is -0.960. The molecule has 0 fully saturated rings. The molecule has 0 bridgehead atoms. The van der Waals surface area contributed by atoms with Crippen molar-refractivity contribution in [2.45, 2.75) is 26.2 Å². The van der Waals surface area contributed by atoms with E-state index in [0.29, 0.717) is 18.5 Å². The Labute approximate surface area is 82.9 Å². The van der Waals surface area contributed by atoms with Gasteiger partial charge in [0.15, 0.2) is 0 Å². The molecule has 0 saturated carbocycles. The molecule has 0 radical (unpaired) electrons. The molecule has 0 heterocycles. The lowest BCUT2D eigenvalue weighted by Crippen LogP contribution is -2.05. The van der Waals surface area contributed by atoms with E-state index in [9.17, 15) is 8.78 Å². The summed E-state index contributed by atoms with van der Waals surface area (Å²) in [5.41, 5.74) is 6.09. The van der Waals surface area contributed by atoms with Crippen molar-refractivity contribution in [3.05, 3.63) is 34.9 Å². The highest BCUT2D eigenvalue weighted by atomic mass is 19.1. The molecule has 14 heavy (non-hydrogen) atoms. The van der Waals surface area contributed by atoms with Crippen molar-refractivity contribution < 1.29 is 8.78 Å². The molecule has 1 nitrogen and oxygen atoms in total. The SMILES string of the molecule is CC(C)c1c(F)cc(CCN)cc1F. The van der Waals surface area contributed by atoms with Gasteiger partial charge in [-0.2, -0.15) is 0 Å². The van der Waals surface area contributed by atoms with E-state index in [1.54, 1.807) is 13.8 Å². The predicted octanol–water partition coefficient (Wildman–Crippen LogP) is 2.59. The fourth-order valence-electron chi connectivity index (χ4n) is 1.50. The fraction of sp³-hybridized carbons (Fsp3) is 0.455. The van der Waals surface area contributed by atoms with Crippen molar-refractivity contribution in [2.75, 3.05) is 6.54 Å². The van der Waals surface area contributed by atoms with Crippen LogP contribution in [-0.2, 0) is 6.42 Å². The lowest BCUT2D eigenvalue weighted by molar-refractivity contribution is 0.538. The van der Waals surface area contributed by atoms with Gasteiger partial charge in [0.1, 0.15) is 11.6 Å². The van der Waals surface area contributed by atoms with E-state index in [-0.39, 0.29) is 11.5 Å². The molecule has 2 N–H and O–H groups in total. The first-order valence-corrected chi connectivity index (χ1v) is 4.74. The first-order chi connectivity index (χ1) is 6.56. The van der Waals surface area contributed by atoms with E-state index in [2.05, 4.69) is 0 Å². The van der Waals surface area contributed by atoms with Gasteiger partial charge in [0.25, 0.3) is 0 Å². The standard InChI is InChI=1S/C11H15F2N/c1-7(2)11-9(12)5-8(3-4-14)6-10(11)13/h5-7H,3-4,14H2,1-2H3. The molecule has 0 aliphatic rings. The van der Waals surface area contributed by atoms with Crippen molar-refractivity contribution in [1.82, 2.24) is 0 Å². The third-order valence-electron chi connectivity index (χ3n) is 2.15. The molecule has 1 rings (SSSR count). The molecule has 1 aromatic rings. The van der Waals surface area contributed by atoms with Crippen LogP contribution in [0.2, 0.25) is 0 Å². The molecule has 0 aromatic heterocycles. The Morgan fingerprint density at radius 3 is 2.07 bits per heavy atom. The number of halogens is 2. The van der Waals surface area contributed by atoms with E-state index in [4.69, 9.17) is 5.73 Å². The monoisotopic (exact) mass is 199 g/mol. The number of benzene rings is 1. The number of hydrogen-bond acceptors (Lipinski definition) is 1. The van der Waals surface area contributed by atoms with Crippen LogP contribution in [0.15, 0.2) is 12.1 Å². The molecule has 0 aliphatic heterocycles. The summed E-state index contributed by atoms with van der Waals surface area (Å²) in [6.45, 7) is 3.94. The number of nitrogens with two attached hydrogens (primary N) is 1. The van der Waals surface area contributed by atoms with E-state index >= 15 is 0 Å². The average Bonchev–Trinajstić information content (AvgIpc) is 2.01. The Bertz CT molecular complexity index is 298. The van der Waals surface area contributed by atoms with Gasteiger partial charge in [-0.25, -0.2) is 8.78 Å². The van der Waals surface area contributed by atoms with Gasteiger partial charge in [0.05, 0.1) is 0 Å². The molecule has 0 unspecified atom stereocenters. The summed E-state index contributed by atoms with van der Waals surface area (Å²) < 4.78 is 26.8. The highest BCUT2D eigenvalue weighted by Gasteiger charge is 2.13. The lowest BCUT2D eigenvalue weighted by atomic mass is 9.99. The third kappa shape index (κ3) is 2.29. The maximum atomic E-state index is 13.4. The van der Waals surface area contributed by atoms with E-state index in [1.165, 1.54) is 12.1 Å². The smallest absolute Gasteiger partial charge is 0.129 e. The summed E-state index contributed by atoms with van der Waals surface area (Å²) in [4.78, 5) is 0. The minimum atomic E-state index is -0.469. The molecule has 0 amide bonds. The second kappa shape index (κ2) is 4.51. The van der Waals surface area contributed by atoms with Crippen LogP contribution in [0.1, 0.15) is 30.9 Å². The maximum absolute atomic E-state index is 13.4.